The van der Waals surface area contributed by atoms with E-state index in [0.29, 0.717) is 6.04 Å². The molecule has 1 fully saturated rings. The second-order valence-electron chi connectivity index (χ2n) is 4.42. The fourth-order valence-electron chi connectivity index (χ4n) is 2.11. The van der Waals surface area contributed by atoms with Gasteiger partial charge in [0, 0.05) is 12.6 Å². The molecule has 78 valence electrons. The number of rotatable bonds is 4. The molecule has 1 saturated heterocycles. The van der Waals surface area contributed by atoms with Crippen molar-refractivity contribution in [1.29, 1.82) is 0 Å². The van der Waals surface area contributed by atoms with Crippen molar-refractivity contribution < 1.29 is 0 Å². The zero-order chi connectivity index (χ0) is 9.68. The van der Waals surface area contributed by atoms with Gasteiger partial charge >= 0.3 is 0 Å². The molecule has 0 aromatic carbocycles. The molecule has 1 aliphatic heterocycles. The molecule has 1 aliphatic rings. The lowest BCUT2D eigenvalue weighted by Gasteiger charge is -2.34. The summed E-state index contributed by atoms with van der Waals surface area (Å²) in [5.74, 6) is 0.741. The fourth-order valence-corrected chi connectivity index (χ4v) is 2.11. The van der Waals surface area contributed by atoms with E-state index < -0.39 is 0 Å². The third kappa shape index (κ3) is 3.65. The molecule has 0 bridgehead atoms. The summed E-state index contributed by atoms with van der Waals surface area (Å²) in [6.45, 7) is 8.21. The molecule has 2 heteroatoms. The minimum absolute atomic E-state index is 0.379. The molecule has 2 nitrogen and oxygen atoms in total. The number of hydrogen-bond donors (Lipinski definition) is 1. The van der Waals surface area contributed by atoms with E-state index in [9.17, 15) is 0 Å². The van der Waals surface area contributed by atoms with E-state index in [1.165, 1.54) is 45.3 Å². The maximum Gasteiger partial charge on any atom is 0.00509 e. The van der Waals surface area contributed by atoms with Crippen LogP contribution in [-0.4, -0.2) is 30.6 Å². The van der Waals surface area contributed by atoms with Crippen LogP contribution in [0.2, 0.25) is 0 Å². The monoisotopic (exact) mass is 184 g/mol. The number of nitrogens with zero attached hydrogens (tertiary/aromatic N) is 1. The van der Waals surface area contributed by atoms with Crippen molar-refractivity contribution >= 4 is 0 Å². The van der Waals surface area contributed by atoms with Crippen LogP contribution in [0.4, 0.5) is 0 Å². The maximum atomic E-state index is 5.93. The van der Waals surface area contributed by atoms with Crippen molar-refractivity contribution in [2.24, 2.45) is 11.7 Å². The molecule has 2 N–H and O–H groups in total. The SMILES string of the molecule is CCCCN1CCCC(C(C)N)C1. The van der Waals surface area contributed by atoms with Gasteiger partial charge in [-0.2, -0.15) is 0 Å². The Kier molecular flexibility index (Phi) is 4.74. The van der Waals surface area contributed by atoms with E-state index in [4.69, 9.17) is 5.73 Å². The number of hydrogen-bond acceptors (Lipinski definition) is 2. The lowest BCUT2D eigenvalue weighted by molar-refractivity contribution is 0.159. The number of unbranched alkanes of at least 4 members (excludes halogenated alkanes) is 1. The van der Waals surface area contributed by atoms with Crippen molar-refractivity contribution in [2.75, 3.05) is 19.6 Å². The number of likely N-dealkylation sites (tertiary alicyclic amines) is 1. The molecular weight excluding hydrogens is 160 g/mol. The van der Waals surface area contributed by atoms with Crippen LogP contribution in [0.15, 0.2) is 0 Å². The Morgan fingerprint density at radius 2 is 2.31 bits per heavy atom. The van der Waals surface area contributed by atoms with Crippen LogP contribution in [0.3, 0.4) is 0 Å². The van der Waals surface area contributed by atoms with Gasteiger partial charge in [-0.25, -0.2) is 0 Å². The Morgan fingerprint density at radius 3 is 2.92 bits per heavy atom. The molecule has 0 aliphatic carbocycles. The summed E-state index contributed by atoms with van der Waals surface area (Å²) in [6, 6.07) is 0.379. The summed E-state index contributed by atoms with van der Waals surface area (Å²) in [4.78, 5) is 2.58. The molecule has 1 rings (SSSR count). The van der Waals surface area contributed by atoms with Gasteiger partial charge in [0.25, 0.3) is 0 Å². The molecule has 0 saturated carbocycles. The first kappa shape index (κ1) is 11.0. The van der Waals surface area contributed by atoms with E-state index in [-0.39, 0.29) is 0 Å². The third-order valence-electron chi connectivity index (χ3n) is 3.11. The summed E-state index contributed by atoms with van der Waals surface area (Å²) >= 11 is 0. The highest BCUT2D eigenvalue weighted by Gasteiger charge is 2.21. The van der Waals surface area contributed by atoms with Gasteiger partial charge in [0.2, 0.25) is 0 Å². The minimum Gasteiger partial charge on any atom is -0.328 e. The highest BCUT2D eigenvalue weighted by atomic mass is 15.1. The molecule has 0 amide bonds. The van der Waals surface area contributed by atoms with Crippen LogP contribution >= 0.6 is 0 Å². The van der Waals surface area contributed by atoms with E-state index in [2.05, 4.69) is 18.7 Å². The molecule has 0 aromatic rings. The second kappa shape index (κ2) is 5.61. The Balaban J connectivity index is 2.25. The van der Waals surface area contributed by atoms with Crippen LogP contribution in [0.5, 0.6) is 0 Å². The van der Waals surface area contributed by atoms with Gasteiger partial charge in [0.1, 0.15) is 0 Å². The standard InChI is InChI=1S/C11H24N2/c1-3-4-7-13-8-5-6-11(9-13)10(2)12/h10-11H,3-9,12H2,1-2H3. The average Bonchev–Trinajstić information content (AvgIpc) is 2.15. The van der Waals surface area contributed by atoms with Crippen LogP contribution < -0.4 is 5.73 Å². The fraction of sp³-hybridized carbons (Fsp3) is 1.00. The summed E-state index contributed by atoms with van der Waals surface area (Å²) in [5.41, 5.74) is 5.93. The van der Waals surface area contributed by atoms with E-state index in [0.717, 1.165) is 5.92 Å². The maximum absolute atomic E-state index is 5.93. The predicted octanol–water partition coefficient (Wildman–Crippen LogP) is 1.85. The van der Waals surface area contributed by atoms with E-state index in [1.54, 1.807) is 0 Å². The molecular formula is C11H24N2. The minimum atomic E-state index is 0.379. The number of nitrogens with two attached hydrogens (primary N) is 1. The van der Waals surface area contributed by atoms with Gasteiger partial charge in [0.05, 0.1) is 0 Å². The Bertz CT molecular complexity index is 134. The predicted molar refractivity (Wildman–Crippen MR) is 57.7 cm³/mol. The van der Waals surface area contributed by atoms with Crippen LogP contribution in [-0.2, 0) is 0 Å². The first-order chi connectivity index (χ1) is 6.24. The van der Waals surface area contributed by atoms with Gasteiger partial charge in [0.15, 0.2) is 0 Å². The van der Waals surface area contributed by atoms with Gasteiger partial charge < -0.3 is 10.6 Å². The first-order valence-corrected chi connectivity index (χ1v) is 5.72. The Hall–Kier alpha value is -0.0800. The summed E-state index contributed by atoms with van der Waals surface area (Å²) in [6.07, 6.45) is 5.32. The van der Waals surface area contributed by atoms with Crippen LogP contribution in [0, 0.1) is 5.92 Å². The Labute approximate surface area is 82.5 Å². The van der Waals surface area contributed by atoms with Gasteiger partial charge in [-0.1, -0.05) is 13.3 Å². The van der Waals surface area contributed by atoms with E-state index >= 15 is 0 Å². The highest BCUT2D eigenvalue weighted by Crippen LogP contribution is 2.18. The quantitative estimate of drug-likeness (QED) is 0.722. The van der Waals surface area contributed by atoms with Crippen molar-refractivity contribution in [3.05, 3.63) is 0 Å². The zero-order valence-electron chi connectivity index (χ0n) is 9.13. The summed E-state index contributed by atoms with van der Waals surface area (Å²) in [5, 5.41) is 0. The molecule has 13 heavy (non-hydrogen) atoms. The molecule has 2 unspecified atom stereocenters. The molecule has 0 aromatic heterocycles. The molecule has 2 atom stereocenters. The first-order valence-electron chi connectivity index (χ1n) is 5.72. The number of piperidine rings is 1. The largest absolute Gasteiger partial charge is 0.328 e. The smallest absolute Gasteiger partial charge is 0.00509 e. The highest BCUT2D eigenvalue weighted by molar-refractivity contribution is 4.78. The molecule has 0 radical (unpaired) electrons. The van der Waals surface area contributed by atoms with Gasteiger partial charge in [-0.05, 0) is 45.2 Å². The normalized spacial score (nSPS) is 27.5. The topological polar surface area (TPSA) is 29.3 Å². The lowest BCUT2D eigenvalue weighted by Crippen LogP contribution is -2.42. The average molecular weight is 184 g/mol. The molecule has 0 spiro atoms. The van der Waals surface area contributed by atoms with Crippen molar-refractivity contribution in [2.45, 2.75) is 45.6 Å². The van der Waals surface area contributed by atoms with Crippen molar-refractivity contribution in [3.8, 4) is 0 Å². The Morgan fingerprint density at radius 1 is 1.54 bits per heavy atom. The van der Waals surface area contributed by atoms with Gasteiger partial charge in [-0.3, -0.25) is 0 Å². The summed E-state index contributed by atoms with van der Waals surface area (Å²) in [7, 11) is 0. The summed E-state index contributed by atoms with van der Waals surface area (Å²) < 4.78 is 0. The van der Waals surface area contributed by atoms with Crippen molar-refractivity contribution in [3.63, 3.8) is 0 Å². The van der Waals surface area contributed by atoms with E-state index in [1.807, 2.05) is 0 Å². The molecule has 1 heterocycles. The van der Waals surface area contributed by atoms with Gasteiger partial charge in [-0.15, -0.1) is 0 Å². The second-order valence-corrected chi connectivity index (χ2v) is 4.42. The zero-order valence-corrected chi connectivity index (χ0v) is 9.13. The lowest BCUT2D eigenvalue weighted by atomic mass is 9.92. The van der Waals surface area contributed by atoms with Crippen LogP contribution in [0.1, 0.15) is 39.5 Å². The van der Waals surface area contributed by atoms with Crippen molar-refractivity contribution in [1.82, 2.24) is 4.90 Å². The van der Waals surface area contributed by atoms with Crippen LogP contribution in [0.25, 0.3) is 0 Å². The third-order valence-corrected chi connectivity index (χ3v) is 3.11.